The van der Waals surface area contributed by atoms with E-state index in [1.165, 1.54) is 33.5 Å². The van der Waals surface area contributed by atoms with Gasteiger partial charge in [-0.3, -0.25) is 4.79 Å². The molecule has 8 nitrogen and oxygen atoms in total. The average molecular weight is 525 g/mol. The molecule has 10 heteroatoms. The van der Waals surface area contributed by atoms with Gasteiger partial charge in [0.15, 0.2) is 0 Å². The van der Waals surface area contributed by atoms with Crippen molar-refractivity contribution in [2.75, 3.05) is 32.4 Å². The lowest BCUT2D eigenvalue weighted by atomic mass is 10.1. The molecule has 36 heavy (non-hydrogen) atoms. The predicted molar refractivity (Wildman–Crippen MR) is 140 cm³/mol. The summed E-state index contributed by atoms with van der Waals surface area (Å²) in [5.41, 5.74) is 7.13. The van der Waals surface area contributed by atoms with E-state index < -0.39 is 15.6 Å². The highest BCUT2D eigenvalue weighted by Gasteiger charge is 2.32. The highest BCUT2D eigenvalue weighted by molar-refractivity contribution is 7.92. The van der Waals surface area contributed by atoms with Crippen LogP contribution in [0.1, 0.15) is 15.2 Å². The summed E-state index contributed by atoms with van der Waals surface area (Å²) in [6.45, 7) is 0. The minimum absolute atomic E-state index is 0.0133. The number of anilines is 3. The Kier molecular flexibility index (Phi) is 7.18. The van der Waals surface area contributed by atoms with E-state index in [1.807, 2.05) is 0 Å². The molecule has 0 aliphatic rings. The number of ether oxygens (including phenoxy) is 3. The van der Waals surface area contributed by atoms with Crippen LogP contribution in [0.2, 0.25) is 0 Å². The van der Waals surface area contributed by atoms with Gasteiger partial charge in [-0.25, -0.2) is 8.42 Å². The van der Waals surface area contributed by atoms with Crippen molar-refractivity contribution in [2.45, 2.75) is 9.79 Å². The molecule has 1 heterocycles. The fourth-order valence-electron chi connectivity index (χ4n) is 3.56. The van der Waals surface area contributed by atoms with Crippen molar-refractivity contribution in [1.82, 2.24) is 0 Å². The Balaban J connectivity index is 1.87. The molecule has 0 atom stereocenters. The van der Waals surface area contributed by atoms with E-state index in [0.717, 1.165) is 11.3 Å². The number of sulfone groups is 1. The molecule has 0 fully saturated rings. The predicted octanol–water partition coefficient (Wildman–Crippen LogP) is 5.16. The maximum atomic E-state index is 13.8. The summed E-state index contributed by atoms with van der Waals surface area (Å²) in [4.78, 5) is 13.3. The van der Waals surface area contributed by atoms with Gasteiger partial charge in [0.1, 0.15) is 32.0 Å². The van der Waals surface area contributed by atoms with Crippen LogP contribution in [0.4, 0.5) is 16.4 Å². The molecule has 0 saturated carbocycles. The topological polar surface area (TPSA) is 117 Å². The molecule has 3 N–H and O–H groups in total. The molecule has 4 rings (SSSR count). The number of rotatable bonds is 9. The molecular weight excluding hydrogens is 500 g/mol. The highest BCUT2D eigenvalue weighted by Crippen LogP contribution is 2.45. The molecule has 0 bridgehead atoms. The minimum atomic E-state index is -4.12. The Bertz CT molecular complexity index is 1490. The number of carbonyl (C=O) groups excluding carboxylic acids is 1. The number of ketones is 1. The van der Waals surface area contributed by atoms with Crippen LogP contribution in [0.15, 0.2) is 82.6 Å². The van der Waals surface area contributed by atoms with E-state index in [2.05, 4.69) is 5.32 Å². The third kappa shape index (κ3) is 4.73. The summed E-state index contributed by atoms with van der Waals surface area (Å²) in [6, 6.07) is 19.5. The Hall–Kier alpha value is -4.02. The van der Waals surface area contributed by atoms with Crippen molar-refractivity contribution in [3.63, 3.8) is 0 Å². The first-order chi connectivity index (χ1) is 17.3. The number of benzene rings is 3. The van der Waals surface area contributed by atoms with Gasteiger partial charge < -0.3 is 25.3 Å². The van der Waals surface area contributed by atoms with Gasteiger partial charge in [0, 0.05) is 5.56 Å². The fraction of sp³-hybridized carbons (Fsp3) is 0.115. The van der Waals surface area contributed by atoms with Gasteiger partial charge in [0.25, 0.3) is 0 Å². The number of nitrogens with one attached hydrogen (secondary N) is 1. The Morgan fingerprint density at radius 1 is 0.833 bits per heavy atom. The molecule has 0 aliphatic heterocycles. The summed E-state index contributed by atoms with van der Waals surface area (Å²) >= 11 is 0.966. The van der Waals surface area contributed by atoms with E-state index in [-0.39, 0.29) is 25.4 Å². The Labute approximate surface area is 213 Å². The zero-order valence-electron chi connectivity index (χ0n) is 19.8. The van der Waals surface area contributed by atoms with Crippen LogP contribution in [0, 0.1) is 0 Å². The number of nitrogen functional groups attached to an aromatic ring is 1. The average Bonchev–Trinajstić information content (AvgIpc) is 3.24. The summed E-state index contributed by atoms with van der Waals surface area (Å²) in [5, 5.41) is 3.31. The molecule has 0 aliphatic carbocycles. The van der Waals surface area contributed by atoms with Gasteiger partial charge in [-0.2, -0.15) is 0 Å². The van der Waals surface area contributed by atoms with Crippen LogP contribution in [0.3, 0.4) is 0 Å². The Morgan fingerprint density at radius 3 is 2.00 bits per heavy atom. The molecule has 1 aromatic heterocycles. The molecule has 0 radical (unpaired) electrons. The zero-order valence-corrected chi connectivity index (χ0v) is 21.4. The van der Waals surface area contributed by atoms with E-state index >= 15 is 0 Å². The molecule has 186 valence electrons. The van der Waals surface area contributed by atoms with Crippen LogP contribution in [-0.4, -0.2) is 35.5 Å². The quantitative estimate of drug-likeness (QED) is 0.288. The van der Waals surface area contributed by atoms with E-state index in [9.17, 15) is 13.2 Å². The third-order valence-corrected chi connectivity index (χ3v) is 8.55. The monoisotopic (exact) mass is 524 g/mol. The molecular formula is C26H24N2O6S2. The normalized spacial score (nSPS) is 11.1. The van der Waals surface area contributed by atoms with Crippen molar-refractivity contribution in [2.24, 2.45) is 0 Å². The SMILES string of the molecule is COc1ccc(C(=O)c2sc(Nc3ccccc3OC)c(S(=O)(=O)c3ccc(OC)cc3)c2N)cc1. The van der Waals surface area contributed by atoms with Gasteiger partial charge >= 0.3 is 0 Å². The summed E-state index contributed by atoms with van der Waals surface area (Å²) < 4.78 is 43.2. The number of para-hydroxylation sites is 2. The first-order valence-corrected chi connectivity index (χ1v) is 13.0. The summed E-state index contributed by atoms with van der Waals surface area (Å²) in [6.07, 6.45) is 0. The lowest BCUT2D eigenvalue weighted by Gasteiger charge is -2.12. The second-order valence-corrected chi connectivity index (χ2v) is 10.5. The van der Waals surface area contributed by atoms with Crippen LogP contribution in [0.5, 0.6) is 17.2 Å². The Morgan fingerprint density at radius 2 is 1.42 bits per heavy atom. The molecule has 3 aromatic carbocycles. The number of methoxy groups -OCH3 is 3. The maximum absolute atomic E-state index is 13.8. The van der Waals surface area contributed by atoms with E-state index in [0.29, 0.717) is 28.5 Å². The second-order valence-electron chi connectivity index (χ2n) is 7.56. The molecule has 0 unspecified atom stereocenters. The second kappa shape index (κ2) is 10.3. The van der Waals surface area contributed by atoms with Gasteiger partial charge in [0.2, 0.25) is 15.6 Å². The van der Waals surface area contributed by atoms with Crippen molar-refractivity contribution in [1.29, 1.82) is 0 Å². The van der Waals surface area contributed by atoms with Crippen LogP contribution in [0.25, 0.3) is 0 Å². The fourth-order valence-corrected chi connectivity index (χ4v) is 6.49. The van der Waals surface area contributed by atoms with Gasteiger partial charge in [-0.1, -0.05) is 12.1 Å². The van der Waals surface area contributed by atoms with E-state index in [4.69, 9.17) is 19.9 Å². The highest BCUT2D eigenvalue weighted by atomic mass is 32.2. The number of thiophene rings is 1. The summed E-state index contributed by atoms with van der Waals surface area (Å²) in [5.74, 6) is 1.20. The lowest BCUT2D eigenvalue weighted by molar-refractivity contribution is 0.104. The molecule has 0 saturated heterocycles. The van der Waals surface area contributed by atoms with Gasteiger partial charge in [-0.05, 0) is 60.7 Å². The van der Waals surface area contributed by atoms with Crippen molar-refractivity contribution in [3.05, 3.63) is 83.2 Å². The minimum Gasteiger partial charge on any atom is -0.497 e. The largest absolute Gasteiger partial charge is 0.497 e. The molecule has 0 spiro atoms. The molecule has 0 amide bonds. The van der Waals surface area contributed by atoms with Crippen molar-refractivity contribution < 1.29 is 27.4 Å². The number of nitrogens with two attached hydrogens (primary N) is 1. The first kappa shape index (κ1) is 25.1. The van der Waals surface area contributed by atoms with Gasteiger partial charge in [0.05, 0.1) is 37.6 Å². The van der Waals surface area contributed by atoms with Crippen molar-refractivity contribution in [3.8, 4) is 17.2 Å². The van der Waals surface area contributed by atoms with Crippen LogP contribution < -0.4 is 25.3 Å². The first-order valence-electron chi connectivity index (χ1n) is 10.7. The number of carbonyl (C=O) groups is 1. The van der Waals surface area contributed by atoms with Gasteiger partial charge in [-0.15, -0.1) is 11.3 Å². The summed E-state index contributed by atoms with van der Waals surface area (Å²) in [7, 11) is 0.415. The smallest absolute Gasteiger partial charge is 0.211 e. The van der Waals surface area contributed by atoms with Crippen LogP contribution >= 0.6 is 11.3 Å². The third-order valence-electron chi connectivity index (χ3n) is 5.45. The standard InChI is InChI=1S/C26H24N2O6S2/c1-32-17-10-8-16(9-11-17)23(29)24-22(27)25(36(30,31)19-14-12-18(33-2)13-15-19)26(35-24)28-20-6-4-5-7-21(20)34-3/h4-15,28H,27H2,1-3H3. The number of hydrogen-bond acceptors (Lipinski definition) is 9. The van der Waals surface area contributed by atoms with Crippen molar-refractivity contribution >= 4 is 43.3 Å². The van der Waals surface area contributed by atoms with Crippen LogP contribution in [-0.2, 0) is 9.84 Å². The lowest BCUT2D eigenvalue weighted by Crippen LogP contribution is -2.08. The van der Waals surface area contributed by atoms with E-state index in [1.54, 1.807) is 60.7 Å². The number of hydrogen-bond donors (Lipinski definition) is 2. The zero-order chi connectivity index (χ0) is 25.9. The molecule has 4 aromatic rings. The maximum Gasteiger partial charge on any atom is 0.211 e.